The van der Waals surface area contributed by atoms with E-state index in [-0.39, 0.29) is 43.4 Å². The van der Waals surface area contributed by atoms with E-state index in [1.807, 2.05) is 0 Å². The molecule has 0 saturated carbocycles. The molecule has 0 aromatic heterocycles. The van der Waals surface area contributed by atoms with Crippen molar-refractivity contribution in [2.75, 3.05) is 5.33 Å². The predicted octanol–water partition coefficient (Wildman–Crippen LogP) is 6.50. The Labute approximate surface area is 166 Å². The molecule has 0 saturated heterocycles. The van der Waals surface area contributed by atoms with Gasteiger partial charge in [0.1, 0.15) is 0 Å². The van der Waals surface area contributed by atoms with Gasteiger partial charge in [0.05, 0.1) is 18.8 Å². The Balaban J connectivity index is 0. The minimum absolute atomic E-state index is 0. The van der Waals surface area contributed by atoms with Crippen LogP contribution in [-0.4, -0.2) is 29.3 Å². The second-order valence-electron chi connectivity index (χ2n) is 5.83. The number of rotatable bonds is 9. The van der Waals surface area contributed by atoms with Crippen LogP contribution in [0, 0.1) is 49.9 Å². The second-order valence-corrected chi connectivity index (χ2v) is 6.48. The van der Waals surface area contributed by atoms with Gasteiger partial charge < -0.3 is 6.92 Å². The molecule has 0 aliphatic heterocycles. The fraction of sp³-hybridized carbons (Fsp3) is 0.923. The molecule has 0 radical (unpaired) electrons. The Bertz CT molecular complexity index is 365. The Hall–Kier alpha value is 0.902. The zero-order chi connectivity index (χ0) is 18.7. The fourth-order valence-electron chi connectivity index (χ4n) is 2.13. The van der Waals surface area contributed by atoms with E-state index in [9.17, 15) is 39.5 Å². The normalized spacial score (nSPS) is 16.5. The number of hydrogen-bond donors (Lipinski definition) is 0. The van der Waals surface area contributed by atoms with Crippen LogP contribution in [0.1, 0.15) is 32.6 Å². The zero-order valence-corrected chi connectivity index (χ0v) is 18.4. The van der Waals surface area contributed by atoms with Crippen LogP contribution < -0.4 is 0 Å². The molecule has 0 aromatic rings. The third-order valence-corrected chi connectivity index (χ3v) is 3.85. The molecule has 0 amide bonds. The van der Waals surface area contributed by atoms with E-state index >= 15 is 0 Å². The molecule has 2 atom stereocenters. The van der Waals surface area contributed by atoms with Gasteiger partial charge in [0.15, 0.2) is 0 Å². The van der Waals surface area contributed by atoms with Gasteiger partial charge in [0, 0.05) is 37.5 Å². The Morgan fingerprint density at radius 2 is 1.33 bits per heavy atom. The molecule has 0 aliphatic carbocycles. The molecule has 0 aliphatic rings. The molecular weight excluding hydrogens is 645 g/mol. The molecule has 0 heterocycles. The van der Waals surface area contributed by atoms with E-state index < -0.39 is 61.5 Å². The first kappa shape index (κ1) is 27.1. The van der Waals surface area contributed by atoms with Crippen LogP contribution in [-0.2, 0) is 0 Å². The summed E-state index contributed by atoms with van der Waals surface area (Å²) in [5.74, 6) is -16.2. The molecule has 0 spiro atoms. The van der Waals surface area contributed by atoms with Crippen molar-refractivity contribution in [3.8, 4) is 0 Å². The van der Waals surface area contributed by atoms with Crippen molar-refractivity contribution in [1.29, 1.82) is 0 Å². The van der Waals surface area contributed by atoms with Crippen molar-refractivity contribution in [3.05, 3.63) is 6.92 Å². The number of hydrogen-bond acceptors (Lipinski definition) is 0. The van der Waals surface area contributed by atoms with Crippen LogP contribution in [0.5, 0.6) is 0 Å². The first-order chi connectivity index (χ1) is 9.97. The molecule has 11 heteroatoms. The second kappa shape index (κ2) is 9.73. The molecule has 0 fully saturated rings. The minimum Gasteiger partial charge on any atom is -0.339 e. The van der Waals surface area contributed by atoms with Crippen molar-refractivity contribution in [1.82, 2.24) is 0 Å². The van der Waals surface area contributed by atoms with Crippen LogP contribution in [0.15, 0.2) is 0 Å². The van der Waals surface area contributed by atoms with Crippen molar-refractivity contribution in [2.24, 2.45) is 11.8 Å². The summed E-state index contributed by atoms with van der Waals surface area (Å²) in [5, 5.41) is 0.0172. The molecule has 0 N–H and O–H groups in total. The summed E-state index contributed by atoms with van der Waals surface area (Å²) in [7, 11) is 0. The average molecular weight is 662 g/mol. The van der Waals surface area contributed by atoms with Crippen LogP contribution in [0.3, 0.4) is 0 Å². The first-order valence-corrected chi connectivity index (χ1v) is 7.69. The van der Waals surface area contributed by atoms with Crippen LogP contribution in [0.2, 0.25) is 0 Å². The summed E-state index contributed by atoms with van der Waals surface area (Å²) >= 11 is 2.85. The summed E-state index contributed by atoms with van der Waals surface area (Å²) in [5.41, 5.74) is 0. The molecule has 0 aromatic carbocycles. The van der Waals surface area contributed by atoms with Crippen LogP contribution in [0.4, 0.5) is 39.5 Å². The maximum atomic E-state index is 13.6. The van der Waals surface area contributed by atoms with Gasteiger partial charge >= 0.3 is 6.18 Å². The summed E-state index contributed by atoms with van der Waals surface area (Å²) in [4.78, 5) is 0. The maximum absolute atomic E-state index is 13.6. The zero-order valence-electron chi connectivity index (χ0n) is 12.7. The van der Waals surface area contributed by atoms with E-state index in [0.717, 1.165) is 0 Å². The first-order valence-electron chi connectivity index (χ1n) is 6.57. The van der Waals surface area contributed by atoms with E-state index in [4.69, 9.17) is 0 Å². The largest absolute Gasteiger partial charge is 0.391 e. The average Bonchev–Trinajstić information content (AvgIpc) is 2.20. The van der Waals surface area contributed by atoms with Gasteiger partial charge in [-0.1, -0.05) is 22.4 Å². The Morgan fingerprint density at radius 3 is 1.67 bits per heavy atom. The van der Waals surface area contributed by atoms with Gasteiger partial charge in [0.2, 0.25) is 0 Å². The van der Waals surface area contributed by atoms with Crippen molar-refractivity contribution in [3.63, 3.8) is 0 Å². The van der Waals surface area contributed by atoms with Gasteiger partial charge in [-0.2, -0.15) is 19.1 Å². The molecule has 144 valence electrons. The Kier molecular flexibility index (Phi) is 11.0. The van der Waals surface area contributed by atoms with Gasteiger partial charge in [-0.15, -0.1) is 0 Å². The maximum Gasteiger partial charge on any atom is 0.391 e. The van der Waals surface area contributed by atoms with Crippen molar-refractivity contribution in [2.45, 2.75) is 56.6 Å². The third-order valence-electron chi connectivity index (χ3n) is 2.93. The van der Waals surface area contributed by atoms with E-state index in [1.165, 1.54) is 0 Å². The molecule has 24 heavy (non-hydrogen) atoms. The summed E-state index contributed by atoms with van der Waals surface area (Å²) < 4.78 is 117. The number of halogens is 10. The summed E-state index contributed by atoms with van der Waals surface area (Å²) in [6, 6.07) is 0. The van der Waals surface area contributed by atoms with Gasteiger partial charge in [0.25, 0.3) is 17.8 Å². The number of alkyl halides is 10. The quantitative estimate of drug-likeness (QED) is 0.151. The SMILES string of the molecule is [CH2-]C(CBr)CC(CC(F)(F)CC(F)(F)CC(C)(F)F)C(F)(F)F.[U]. The minimum atomic E-state index is -5.02. The molecule has 0 bridgehead atoms. The summed E-state index contributed by atoms with van der Waals surface area (Å²) in [6.45, 7) is 3.45. The van der Waals surface area contributed by atoms with Crippen LogP contribution in [0.25, 0.3) is 0 Å². The standard InChI is InChI=1S/C13H17BrF9.U/c1-8(5-14)3-9(13(21,22)23)4-11(17,18)7-12(19,20)6-10(2,15)16;/h8-9H,1,3-7H2,2H3;/q-1;. The predicted molar refractivity (Wildman–Crippen MR) is 71.2 cm³/mol. The van der Waals surface area contributed by atoms with E-state index in [0.29, 0.717) is 0 Å². The van der Waals surface area contributed by atoms with Gasteiger partial charge in [-0.05, 0) is 12.3 Å². The smallest absolute Gasteiger partial charge is 0.339 e. The molecule has 0 rings (SSSR count). The van der Waals surface area contributed by atoms with E-state index in [2.05, 4.69) is 22.9 Å². The monoisotopic (exact) mass is 661 g/mol. The third kappa shape index (κ3) is 12.3. The topological polar surface area (TPSA) is 0 Å². The fourth-order valence-corrected chi connectivity index (χ4v) is 2.39. The van der Waals surface area contributed by atoms with Gasteiger partial charge in [-0.3, -0.25) is 0 Å². The van der Waals surface area contributed by atoms with Crippen LogP contribution >= 0.6 is 15.9 Å². The molecular formula is C13H17BrF9U-. The van der Waals surface area contributed by atoms with Crippen molar-refractivity contribution >= 4 is 15.9 Å². The Morgan fingerprint density at radius 1 is 0.875 bits per heavy atom. The van der Waals surface area contributed by atoms with E-state index in [1.54, 1.807) is 0 Å². The summed E-state index contributed by atoms with van der Waals surface area (Å²) in [6.07, 6.45) is -12.2. The van der Waals surface area contributed by atoms with Crippen molar-refractivity contribution < 1.29 is 70.6 Å². The molecule has 2 unspecified atom stereocenters. The molecule has 0 nitrogen and oxygen atoms in total. The van der Waals surface area contributed by atoms with Gasteiger partial charge in [-0.25, -0.2) is 26.3 Å².